The molecule has 1 radical (unpaired) electrons. The standard InChI is InChI=1S/C13H23N2O/c16-11-15(13-4-2-1-3-5-13)10-12-6-8-14-9-7-12/h12-14H,1-10H2. The normalized spacial score (nSPS) is 24.2. The molecule has 1 aliphatic carbocycles. The van der Waals surface area contributed by atoms with E-state index >= 15 is 0 Å². The van der Waals surface area contributed by atoms with Crippen molar-refractivity contribution in [1.29, 1.82) is 0 Å². The second kappa shape index (κ2) is 6.24. The maximum atomic E-state index is 11.1. The summed E-state index contributed by atoms with van der Waals surface area (Å²) in [6.45, 7) is 3.17. The minimum atomic E-state index is 0.487. The van der Waals surface area contributed by atoms with Crippen molar-refractivity contribution in [3.8, 4) is 0 Å². The van der Waals surface area contributed by atoms with Crippen LogP contribution in [-0.4, -0.2) is 37.0 Å². The molecule has 1 saturated heterocycles. The van der Waals surface area contributed by atoms with Crippen molar-refractivity contribution in [2.24, 2.45) is 5.92 Å². The number of amides is 1. The third kappa shape index (κ3) is 3.21. The Morgan fingerprint density at radius 1 is 1.06 bits per heavy atom. The summed E-state index contributed by atoms with van der Waals surface area (Å²) in [6.07, 6.45) is 10.9. The molecule has 91 valence electrons. The zero-order valence-corrected chi connectivity index (χ0v) is 10.1. The van der Waals surface area contributed by atoms with Crippen LogP contribution >= 0.6 is 0 Å². The molecule has 0 aromatic heterocycles. The number of piperidine rings is 1. The van der Waals surface area contributed by atoms with E-state index in [-0.39, 0.29) is 0 Å². The van der Waals surface area contributed by atoms with Crippen LogP contribution in [0.15, 0.2) is 0 Å². The molecule has 1 amide bonds. The lowest BCUT2D eigenvalue weighted by molar-refractivity contribution is 0.191. The fourth-order valence-corrected chi connectivity index (χ4v) is 3.00. The minimum Gasteiger partial charge on any atom is -0.331 e. The fourth-order valence-electron chi connectivity index (χ4n) is 3.00. The van der Waals surface area contributed by atoms with Crippen molar-refractivity contribution in [2.45, 2.75) is 51.0 Å². The van der Waals surface area contributed by atoms with E-state index in [2.05, 4.69) is 11.7 Å². The monoisotopic (exact) mass is 223 g/mol. The molecule has 3 heteroatoms. The average molecular weight is 223 g/mol. The second-order valence-electron chi connectivity index (χ2n) is 5.23. The van der Waals surface area contributed by atoms with Gasteiger partial charge in [-0.1, -0.05) is 19.3 Å². The average Bonchev–Trinajstić information content (AvgIpc) is 2.38. The number of rotatable bonds is 4. The number of hydrogen-bond acceptors (Lipinski definition) is 2. The van der Waals surface area contributed by atoms with Gasteiger partial charge in [0.15, 0.2) is 0 Å². The molecule has 0 atom stereocenters. The maximum Gasteiger partial charge on any atom is 0.312 e. The van der Waals surface area contributed by atoms with E-state index in [9.17, 15) is 4.79 Å². The lowest BCUT2D eigenvalue weighted by Crippen LogP contribution is -2.41. The topological polar surface area (TPSA) is 32.3 Å². The van der Waals surface area contributed by atoms with E-state index < -0.39 is 0 Å². The van der Waals surface area contributed by atoms with Crippen LogP contribution in [0.3, 0.4) is 0 Å². The number of carbonyl (C=O) groups excluding carboxylic acids is 1. The Hall–Kier alpha value is -0.570. The third-order valence-electron chi connectivity index (χ3n) is 4.05. The molecule has 2 fully saturated rings. The van der Waals surface area contributed by atoms with E-state index in [1.54, 1.807) is 0 Å². The Bertz CT molecular complexity index is 208. The molecule has 1 heterocycles. The van der Waals surface area contributed by atoms with Gasteiger partial charge in [-0.2, -0.15) is 0 Å². The van der Waals surface area contributed by atoms with Gasteiger partial charge in [0, 0.05) is 12.6 Å². The molecular weight excluding hydrogens is 200 g/mol. The fraction of sp³-hybridized carbons (Fsp3) is 0.923. The van der Waals surface area contributed by atoms with Crippen LogP contribution in [0.2, 0.25) is 0 Å². The van der Waals surface area contributed by atoms with Crippen molar-refractivity contribution in [2.75, 3.05) is 19.6 Å². The molecule has 0 spiro atoms. The Kier molecular flexibility index (Phi) is 4.64. The number of nitrogens with one attached hydrogen (secondary N) is 1. The van der Waals surface area contributed by atoms with Crippen LogP contribution in [0.5, 0.6) is 0 Å². The Labute approximate surface area is 98.6 Å². The van der Waals surface area contributed by atoms with E-state index in [1.165, 1.54) is 44.9 Å². The van der Waals surface area contributed by atoms with Gasteiger partial charge in [-0.25, -0.2) is 0 Å². The summed E-state index contributed by atoms with van der Waals surface area (Å²) in [5.41, 5.74) is 0. The largest absolute Gasteiger partial charge is 0.331 e. The van der Waals surface area contributed by atoms with Gasteiger partial charge in [-0.3, -0.25) is 4.79 Å². The highest BCUT2D eigenvalue weighted by molar-refractivity contribution is 5.48. The van der Waals surface area contributed by atoms with Gasteiger partial charge in [0.05, 0.1) is 0 Å². The van der Waals surface area contributed by atoms with Crippen molar-refractivity contribution in [1.82, 2.24) is 10.2 Å². The molecule has 0 aromatic rings. The van der Waals surface area contributed by atoms with Crippen molar-refractivity contribution in [3.05, 3.63) is 0 Å². The summed E-state index contributed by atoms with van der Waals surface area (Å²) < 4.78 is 0. The lowest BCUT2D eigenvalue weighted by Gasteiger charge is -2.34. The predicted molar refractivity (Wildman–Crippen MR) is 64.9 cm³/mol. The van der Waals surface area contributed by atoms with Crippen LogP contribution in [0.1, 0.15) is 44.9 Å². The number of nitrogens with zero attached hydrogens (tertiary/aromatic N) is 1. The molecule has 16 heavy (non-hydrogen) atoms. The Morgan fingerprint density at radius 2 is 1.75 bits per heavy atom. The van der Waals surface area contributed by atoms with Gasteiger partial charge in [-0.05, 0) is 44.7 Å². The summed E-state index contributed by atoms with van der Waals surface area (Å²) in [6, 6.07) is 0.487. The molecule has 2 rings (SSSR count). The van der Waals surface area contributed by atoms with Gasteiger partial charge in [-0.15, -0.1) is 0 Å². The lowest BCUT2D eigenvalue weighted by atomic mass is 9.92. The zero-order valence-electron chi connectivity index (χ0n) is 10.1. The highest BCUT2D eigenvalue weighted by Crippen LogP contribution is 2.23. The van der Waals surface area contributed by atoms with Crippen molar-refractivity contribution < 1.29 is 4.79 Å². The summed E-state index contributed by atoms with van der Waals surface area (Å²) in [4.78, 5) is 13.0. The first-order valence-corrected chi connectivity index (χ1v) is 6.75. The van der Waals surface area contributed by atoms with Crippen LogP contribution in [0, 0.1) is 5.92 Å². The van der Waals surface area contributed by atoms with E-state index in [1.807, 2.05) is 4.90 Å². The van der Waals surface area contributed by atoms with Crippen molar-refractivity contribution >= 4 is 6.41 Å². The molecule has 0 aromatic carbocycles. The molecule has 1 aliphatic heterocycles. The smallest absolute Gasteiger partial charge is 0.312 e. The third-order valence-corrected chi connectivity index (χ3v) is 4.05. The summed E-state index contributed by atoms with van der Waals surface area (Å²) in [5, 5.41) is 3.37. The predicted octanol–water partition coefficient (Wildman–Crippen LogP) is 1.69. The highest BCUT2D eigenvalue weighted by Gasteiger charge is 2.24. The first-order chi connectivity index (χ1) is 7.90. The molecule has 0 bridgehead atoms. The summed E-state index contributed by atoms with van der Waals surface area (Å²) >= 11 is 0. The van der Waals surface area contributed by atoms with E-state index in [0.29, 0.717) is 12.0 Å². The summed E-state index contributed by atoms with van der Waals surface area (Å²) in [5.74, 6) is 0.699. The van der Waals surface area contributed by atoms with Crippen LogP contribution in [0.4, 0.5) is 0 Å². The van der Waals surface area contributed by atoms with Gasteiger partial charge in [0.2, 0.25) is 0 Å². The Morgan fingerprint density at radius 3 is 2.38 bits per heavy atom. The zero-order chi connectivity index (χ0) is 11.2. The first-order valence-electron chi connectivity index (χ1n) is 6.75. The first kappa shape index (κ1) is 11.9. The Balaban J connectivity index is 1.81. The quantitative estimate of drug-likeness (QED) is 0.736. The van der Waals surface area contributed by atoms with Crippen LogP contribution in [-0.2, 0) is 4.79 Å². The molecule has 3 nitrogen and oxygen atoms in total. The molecule has 1 saturated carbocycles. The minimum absolute atomic E-state index is 0.487. The van der Waals surface area contributed by atoms with Gasteiger partial charge >= 0.3 is 6.41 Å². The maximum absolute atomic E-state index is 11.1. The van der Waals surface area contributed by atoms with E-state index in [4.69, 9.17) is 0 Å². The second-order valence-corrected chi connectivity index (χ2v) is 5.23. The van der Waals surface area contributed by atoms with Gasteiger partial charge in [0.1, 0.15) is 0 Å². The molecule has 1 N–H and O–H groups in total. The highest BCUT2D eigenvalue weighted by atomic mass is 16.1. The molecule has 2 aliphatic rings. The van der Waals surface area contributed by atoms with Gasteiger partial charge < -0.3 is 10.2 Å². The SMILES string of the molecule is O=[C]N(CC1CCNCC1)C1CCCCC1. The number of hydrogen-bond donors (Lipinski definition) is 1. The van der Waals surface area contributed by atoms with Crippen molar-refractivity contribution in [3.63, 3.8) is 0 Å². The van der Waals surface area contributed by atoms with Crippen LogP contribution < -0.4 is 5.32 Å². The summed E-state index contributed by atoms with van der Waals surface area (Å²) in [7, 11) is 0. The molecular formula is C13H23N2O. The van der Waals surface area contributed by atoms with E-state index in [0.717, 1.165) is 19.6 Å². The van der Waals surface area contributed by atoms with Gasteiger partial charge in [0.25, 0.3) is 0 Å². The van der Waals surface area contributed by atoms with Crippen LogP contribution in [0.25, 0.3) is 0 Å². The molecule has 0 unspecified atom stereocenters.